The molecule has 0 aliphatic carbocycles. The molecule has 0 saturated carbocycles. The molecule has 2 aromatic heterocycles. The van der Waals surface area contributed by atoms with Crippen molar-refractivity contribution in [3.05, 3.63) is 53.4 Å². The van der Waals surface area contributed by atoms with E-state index in [9.17, 15) is 0 Å². The highest BCUT2D eigenvalue weighted by Gasteiger charge is 2.15. The number of furan rings is 1. The predicted octanol–water partition coefficient (Wildman–Crippen LogP) is 4.60. The standard InChI is InChI=1S/C16H14BrN3O/c1-2-18-16-13(17)14(11-6-4-3-5-7-11)19-15(20-16)12-8-9-21-10-12/h3-10H,2H2,1H3,(H,18,19,20). The second-order valence-electron chi connectivity index (χ2n) is 4.47. The van der Waals surface area contributed by atoms with Crippen LogP contribution in [-0.2, 0) is 0 Å². The van der Waals surface area contributed by atoms with Crippen LogP contribution in [0.3, 0.4) is 0 Å². The lowest BCUT2D eigenvalue weighted by atomic mass is 10.1. The Kier molecular flexibility index (Phi) is 4.01. The topological polar surface area (TPSA) is 51.0 Å². The Balaban J connectivity index is 2.18. The van der Waals surface area contributed by atoms with Crippen LogP contribution < -0.4 is 5.32 Å². The minimum Gasteiger partial charge on any atom is -0.472 e. The van der Waals surface area contributed by atoms with Crippen LogP contribution in [0, 0.1) is 0 Å². The number of hydrogen-bond acceptors (Lipinski definition) is 4. The summed E-state index contributed by atoms with van der Waals surface area (Å²) < 4.78 is 6.00. The normalized spacial score (nSPS) is 10.6. The van der Waals surface area contributed by atoms with Gasteiger partial charge in [-0.15, -0.1) is 0 Å². The minimum atomic E-state index is 0.641. The summed E-state index contributed by atoms with van der Waals surface area (Å²) in [5, 5.41) is 3.26. The van der Waals surface area contributed by atoms with Gasteiger partial charge in [0.1, 0.15) is 12.1 Å². The molecule has 106 valence electrons. The number of nitrogens with zero attached hydrogens (tertiary/aromatic N) is 2. The van der Waals surface area contributed by atoms with Gasteiger partial charge in [0.25, 0.3) is 0 Å². The van der Waals surface area contributed by atoms with Crippen molar-refractivity contribution in [1.82, 2.24) is 9.97 Å². The molecule has 2 heterocycles. The van der Waals surface area contributed by atoms with Crippen molar-refractivity contribution in [1.29, 1.82) is 0 Å². The molecule has 0 aliphatic rings. The zero-order valence-electron chi connectivity index (χ0n) is 11.5. The number of hydrogen-bond donors (Lipinski definition) is 1. The second-order valence-corrected chi connectivity index (χ2v) is 5.26. The van der Waals surface area contributed by atoms with E-state index in [1.807, 2.05) is 43.3 Å². The van der Waals surface area contributed by atoms with Crippen molar-refractivity contribution in [2.24, 2.45) is 0 Å². The fraction of sp³-hybridized carbons (Fsp3) is 0.125. The van der Waals surface area contributed by atoms with E-state index in [1.54, 1.807) is 12.5 Å². The fourth-order valence-corrected chi connectivity index (χ4v) is 2.59. The lowest BCUT2D eigenvalue weighted by molar-refractivity contribution is 0.568. The molecule has 0 spiro atoms. The molecule has 0 radical (unpaired) electrons. The van der Waals surface area contributed by atoms with Crippen LogP contribution in [0.4, 0.5) is 5.82 Å². The van der Waals surface area contributed by atoms with Gasteiger partial charge in [0.15, 0.2) is 5.82 Å². The van der Waals surface area contributed by atoms with Crippen LogP contribution in [0.25, 0.3) is 22.6 Å². The minimum absolute atomic E-state index is 0.641. The first-order valence-electron chi connectivity index (χ1n) is 6.69. The van der Waals surface area contributed by atoms with E-state index in [1.165, 1.54) is 0 Å². The van der Waals surface area contributed by atoms with Gasteiger partial charge < -0.3 is 9.73 Å². The second kappa shape index (κ2) is 6.10. The first-order valence-corrected chi connectivity index (χ1v) is 7.48. The summed E-state index contributed by atoms with van der Waals surface area (Å²) in [7, 11) is 0. The van der Waals surface area contributed by atoms with Gasteiger partial charge in [0, 0.05) is 12.1 Å². The Morgan fingerprint density at radius 1 is 1.10 bits per heavy atom. The highest BCUT2D eigenvalue weighted by Crippen LogP contribution is 2.33. The maximum Gasteiger partial charge on any atom is 0.165 e. The Morgan fingerprint density at radius 3 is 2.57 bits per heavy atom. The molecule has 0 bridgehead atoms. The molecule has 0 atom stereocenters. The molecule has 1 aromatic carbocycles. The first kappa shape index (κ1) is 13.8. The van der Waals surface area contributed by atoms with E-state index < -0.39 is 0 Å². The van der Waals surface area contributed by atoms with Gasteiger partial charge in [-0.3, -0.25) is 0 Å². The van der Waals surface area contributed by atoms with Crippen molar-refractivity contribution in [3.63, 3.8) is 0 Å². The number of benzene rings is 1. The molecule has 0 aliphatic heterocycles. The lowest BCUT2D eigenvalue weighted by Gasteiger charge is -2.11. The molecule has 5 heteroatoms. The van der Waals surface area contributed by atoms with Gasteiger partial charge in [0.2, 0.25) is 0 Å². The van der Waals surface area contributed by atoms with Crippen LogP contribution in [0.1, 0.15) is 6.92 Å². The van der Waals surface area contributed by atoms with Gasteiger partial charge in [-0.25, -0.2) is 9.97 Å². The molecule has 1 N–H and O–H groups in total. The SMILES string of the molecule is CCNc1nc(-c2ccoc2)nc(-c2ccccc2)c1Br. The van der Waals surface area contributed by atoms with Crippen LogP contribution in [-0.4, -0.2) is 16.5 Å². The number of nitrogens with one attached hydrogen (secondary N) is 1. The van der Waals surface area contributed by atoms with E-state index >= 15 is 0 Å². The van der Waals surface area contributed by atoms with Gasteiger partial charge in [-0.05, 0) is 28.9 Å². The molecular weight excluding hydrogens is 330 g/mol. The molecule has 0 amide bonds. The third-order valence-corrected chi connectivity index (χ3v) is 3.77. The number of anilines is 1. The van der Waals surface area contributed by atoms with Crippen molar-refractivity contribution in [2.75, 3.05) is 11.9 Å². The van der Waals surface area contributed by atoms with E-state index in [0.717, 1.165) is 33.7 Å². The van der Waals surface area contributed by atoms with Gasteiger partial charge >= 0.3 is 0 Å². The third kappa shape index (κ3) is 2.83. The number of halogens is 1. The summed E-state index contributed by atoms with van der Waals surface area (Å²) in [4.78, 5) is 9.23. The quantitative estimate of drug-likeness (QED) is 0.752. The number of aromatic nitrogens is 2. The summed E-state index contributed by atoms with van der Waals surface area (Å²) in [6, 6.07) is 11.9. The Morgan fingerprint density at radius 2 is 1.90 bits per heavy atom. The zero-order chi connectivity index (χ0) is 14.7. The summed E-state index contributed by atoms with van der Waals surface area (Å²) in [5.74, 6) is 1.42. The van der Waals surface area contributed by atoms with Crippen molar-refractivity contribution < 1.29 is 4.42 Å². The average Bonchev–Trinajstić information content (AvgIpc) is 3.05. The molecule has 3 aromatic rings. The van der Waals surface area contributed by atoms with Crippen LogP contribution in [0.5, 0.6) is 0 Å². The van der Waals surface area contributed by atoms with Crippen LogP contribution >= 0.6 is 15.9 Å². The van der Waals surface area contributed by atoms with E-state index in [0.29, 0.717) is 5.82 Å². The average molecular weight is 344 g/mol. The Bertz CT molecular complexity index is 727. The molecule has 21 heavy (non-hydrogen) atoms. The molecule has 4 nitrogen and oxygen atoms in total. The van der Waals surface area contributed by atoms with E-state index in [-0.39, 0.29) is 0 Å². The molecule has 0 unspecified atom stereocenters. The maximum absolute atomic E-state index is 5.13. The van der Waals surface area contributed by atoms with Crippen LogP contribution in [0.15, 0.2) is 57.8 Å². The molecule has 0 saturated heterocycles. The van der Waals surface area contributed by atoms with E-state index in [2.05, 4.69) is 31.2 Å². The zero-order valence-corrected chi connectivity index (χ0v) is 13.1. The fourth-order valence-electron chi connectivity index (χ4n) is 2.04. The Hall–Kier alpha value is -2.14. The lowest BCUT2D eigenvalue weighted by Crippen LogP contribution is -2.04. The number of rotatable bonds is 4. The largest absolute Gasteiger partial charge is 0.472 e. The summed E-state index contributed by atoms with van der Waals surface area (Å²) >= 11 is 3.61. The predicted molar refractivity (Wildman–Crippen MR) is 87.0 cm³/mol. The summed E-state index contributed by atoms with van der Waals surface area (Å²) in [5.41, 5.74) is 2.76. The highest BCUT2D eigenvalue weighted by molar-refractivity contribution is 9.10. The van der Waals surface area contributed by atoms with Crippen molar-refractivity contribution >= 4 is 21.7 Å². The monoisotopic (exact) mass is 343 g/mol. The molecular formula is C16H14BrN3O. The maximum atomic E-state index is 5.13. The molecule has 3 rings (SSSR count). The smallest absolute Gasteiger partial charge is 0.165 e. The van der Waals surface area contributed by atoms with Gasteiger partial charge in [-0.2, -0.15) is 0 Å². The first-order chi connectivity index (χ1) is 10.3. The van der Waals surface area contributed by atoms with Gasteiger partial charge in [-0.1, -0.05) is 30.3 Å². The summed E-state index contributed by atoms with van der Waals surface area (Å²) in [6.07, 6.45) is 3.27. The third-order valence-electron chi connectivity index (χ3n) is 3.02. The van der Waals surface area contributed by atoms with Crippen molar-refractivity contribution in [3.8, 4) is 22.6 Å². The Labute approximate surface area is 131 Å². The van der Waals surface area contributed by atoms with Gasteiger partial charge in [0.05, 0.1) is 22.0 Å². The van der Waals surface area contributed by atoms with Crippen molar-refractivity contribution in [2.45, 2.75) is 6.92 Å². The molecule has 0 fully saturated rings. The summed E-state index contributed by atoms with van der Waals surface area (Å²) in [6.45, 7) is 2.82. The highest BCUT2D eigenvalue weighted by atomic mass is 79.9. The van der Waals surface area contributed by atoms with Crippen LogP contribution in [0.2, 0.25) is 0 Å². The van der Waals surface area contributed by atoms with E-state index in [4.69, 9.17) is 4.42 Å².